The summed E-state index contributed by atoms with van der Waals surface area (Å²) in [4.78, 5) is 0. The van der Waals surface area contributed by atoms with Crippen molar-refractivity contribution in [3.8, 4) is 5.75 Å². The van der Waals surface area contributed by atoms with Gasteiger partial charge in [0.2, 0.25) is 0 Å². The molecule has 0 unspecified atom stereocenters. The smallest absolute Gasteiger partial charge is 0.126 e. The number of hydrogen-bond acceptors (Lipinski definition) is 4. The van der Waals surface area contributed by atoms with Crippen molar-refractivity contribution >= 4 is 11.8 Å². The Labute approximate surface area is 125 Å². The summed E-state index contributed by atoms with van der Waals surface area (Å²) in [6.07, 6.45) is 7.88. The summed E-state index contributed by atoms with van der Waals surface area (Å²) >= 11 is 0. The topological polar surface area (TPSA) is 48.3 Å². The molecule has 21 heavy (non-hydrogen) atoms. The van der Waals surface area contributed by atoms with E-state index in [4.69, 9.17) is 9.47 Å². The first-order valence-corrected chi connectivity index (χ1v) is 6.88. The van der Waals surface area contributed by atoms with Gasteiger partial charge in [-0.15, -0.1) is 0 Å². The normalized spacial score (nSPS) is 11.0. The van der Waals surface area contributed by atoms with Crippen LogP contribution in [0.1, 0.15) is 5.56 Å². The minimum Gasteiger partial charge on any atom is -0.496 e. The first-order valence-electron chi connectivity index (χ1n) is 6.88. The van der Waals surface area contributed by atoms with Gasteiger partial charge in [0.1, 0.15) is 5.75 Å². The number of methoxy groups -OCH3 is 2. The van der Waals surface area contributed by atoms with Crippen LogP contribution in [0.25, 0.3) is 6.08 Å². The Morgan fingerprint density at radius 2 is 2.14 bits per heavy atom. The summed E-state index contributed by atoms with van der Waals surface area (Å²) in [5.74, 6) is 0.876. The molecule has 5 heteroatoms. The second-order valence-electron chi connectivity index (χ2n) is 4.51. The van der Waals surface area contributed by atoms with E-state index >= 15 is 0 Å². The summed E-state index contributed by atoms with van der Waals surface area (Å²) in [7, 11) is 3.37. The van der Waals surface area contributed by atoms with Crippen LogP contribution in [0.15, 0.2) is 42.7 Å². The third-order valence-corrected chi connectivity index (χ3v) is 3.02. The van der Waals surface area contributed by atoms with Gasteiger partial charge < -0.3 is 14.8 Å². The van der Waals surface area contributed by atoms with Gasteiger partial charge in [-0.05, 0) is 6.07 Å². The highest BCUT2D eigenvalue weighted by Crippen LogP contribution is 2.18. The van der Waals surface area contributed by atoms with Crippen molar-refractivity contribution in [3.63, 3.8) is 0 Å². The van der Waals surface area contributed by atoms with Gasteiger partial charge in [0.05, 0.1) is 32.1 Å². The highest BCUT2D eigenvalue weighted by atomic mass is 16.5. The van der Waals surface area contributed by atoms with Gasteiger partial charge >= 0.3 is 0 Å². The molecule has 1 aromatic heterocycles. The van der Waals surface area contributed by atoms with E-state index in [-0.39, 0.29) is 0 Å². The Bertz CT molecular complexity index is 578. The standard InChI is InChI=1S/C16H21N3O2/c1-20-11-10-19-13-15(12-18-19)17-9-5-7-14-6-3-4-8-16(14)21-2/h3-8,12-13,17H,9-11H2,1-2H3. The van der Waals surface area contributed by atoms with Gasteiger partial charge in [-0.2, -0.15) is 5.10 Å². The van der Waals surface area contributed by atoms with Crippen LogP contribution in [0.4, 0.5) is 5.69 Å². The van der Waals surface area contributed by atoms with Crippen LogP contribution < -0.4 is 10.1 Å². The molecule has 112 valence electrons. The van der Waals surface area contributed by atoms with Crippen molar-refractivity contribution in [2.75, 3.05) is 32.7 Å². The van der Waals surface area contributed by atoms with Gasteiger partial charge in [0.25, 0.3) is 0 Å². The van der Waals surface area contributed by atoms with Crippen LogP contribution in [0, 0.1) is 0 Å². The predicted octanol–water partition coefficient (Wildman–Crippen LogP) is 2.66. The molecule has 5 nitrogen and oxygen atoms in total. The molecule has 0 aliphatic carbocycles. The zero-order valence-electron chi connectivity index (χ0n) is 12.5. The summed E-state index contributed by atoms with van der Waals surface area (Å²) in [5.41, 5.74) is 2.06. The molecule has 0 aliphatic heterocycles. The van der Waals surface area contributed by atoms with Crippen LogP contribution in [-0.4, -0.2) is 37.2 Å². The monoisotopic (exact) mass is 287 g/mol. The predicted molar refractivity (Wildman–Crippen MR) is 84.6 cm³/mol. The summed E-state index contributed by atoms with van der Waals surface area (Å²) < 4.78 is 12.2. The van der Waals surface area contributed by atoms with Crippen LogP contribution >= 0.6 is 0 Å². The molecule has 0 bridgehead atoms. The first-order chi connectivity index (χ1) is 10.3. The van der Waals surface area contributed by atoms with Crippen LogP contribution in [0.3, 0.4) is 0 Å². The Morgan fingerprint density at radius 3 is 2.95 bits per heavy atom. The summed E-state index contributed by atoms with van der Waals surface area (Å²) in [6.45, 7) is 2.15. The molecule has 1 N–H and O–H groups in total. The summed E-state index contributed by atoms with van der Waals surface area (Å²) in [5, 5.41) is 7.55. The Hall–Kier alpha value is -2.27. The van der Waals surface area contributed by atoms with Crippen molar-refractivity contribution < 1.29 is 9.47 Å². The maximum Gasteiger partial charge on any atom is 0.126 e. The van der Waals surface area contributed by atoms with E-state index in [2.05, 4.69) is 16.5 Å². The van der Waals surface area contributed by atoms with Gasteiger partial charge in [-0.3, -0.25) is 4.68 Å². The second-order valence-corrected chi connectivity index (χ2v) is 4.51. The van der Waals surface area contributed by atoms with Crippen molar-refractivity contribution in [3.05, 3.63) is 48.3 Å². The molecule has 0 saturated carbocycles. The lowest BCUT2D eigenvalue weighted by Crippen LogP contribution is -2.04. The maximum absolute atomic E-state index is 5.30. The minimum atomic E-state index is 0.662. The zero-order valence-corrected chi connectivity index (χ0v) is 12.5. The molecule has 0 fully saturated rings. The molecule has 1 aromatic carbocycles. The number of rotatable bonds is 8. The Balaban J connectivity index is 1.83. The maximum atomic E-state index is 5.30. The molecule has 2 rings (SSSR count). The van der Waals surface area contributed by atoms with Crippen molar-refractivity contribution in [1.29, 1.82) is 0 Å². The van der Waals surface area contributed by atoms with Gasteiger partial charge in [0, 0.05) is 25.4 Å². The summed E-state index contributed by atoms with van der Waals surface area (Å²) in [6, 6.07) is 7.93. The number of nitrogens with one attached hydrogen (secondary N) is 1. The van der Waals surface area contributed by atoms with Crippen molar-refractivity contribution in [1.82, 2.24) is 9.78 Å². The third-order valence-electron chi connectivity index (χ3n) is 3.02. The Morgan fingerprint density at radius 1 is 1.29 bits per heavy atom. The average Bonchev–Trinajstić information content (AvgIpc) is 2.97. The molecule has 0 atom stereocenters. The molecule has 1 heterocycles. The molecule has 0 radical (unpaired) electrons. The van der Waals surface area contributed by atoms with Gasteiger partial charge in [-0.25, -0.2) is 0 Å². The van der Waals surface area contributed by atoms with E-state index in [1.165, 1.54) is 0 Å². The van der Waals surface area contributed by atoms with Crippen LogP contribution in [-0.2, 0) is 11.3 Å². The number of nitrogens with zero attached hydrogens (tertiary/aromatic N) is 2. The van der Waals surface area contributed by atoms with Crippen molar-refractivity contribution in [2.45, 2.75) is 6.54 Å². The van der Waals surface area contributed by atoms with E-state index in [0.717, 1.165) is 30.1 Å². The van der Waals surface area contributed by atoms with Crippen LogP contribution in [0.5, 0.6) is 5.75 Å². The number of aromatic nitrogens is 2. The third kappa shape index (κ3) is 4.65. The van der Waals surface area contributed by atoms with E-state index in [1.807, 2.05) is 47.4 Å². The lowest BCUT2D eigenvalue weighted by molar-refractivity contribution is 0.183. The number of para-hydroxylation sites is 1. The molecule has 0 saturated heterocycles. The molecule has 0 aliphatic rings. The van der Waals surface area contributed by atoms with Gasteiger partial charge in [-0.1, -0.05) is 30.4 Å². The van der Waals surface area contributed by atoms with Gasteiger partial charge in [0.15, 0.2) is 0 Å². The van der Waals surface area contributed by atoms with E-state index < -0.39 is 0 Å². The molecular formula is C16H21N3O2. The number of anilines is 1. The first kappa shape index (κ1) is 15.1. The van der Waals surface area contributed by atoms with E-state index in [0.29, 0.717) is 6.61 Å². The largest absolute Gasteiger partial charge is 0.496 e. The molecular weight excluding hydrogens is 266 g/mol. The number of ether oxygens (including phenoxy) is 2. The fourth-order valence-electron chi connectivity index (χ4n) is 1.93. The van der Waals surface area contributed by atoms with Crippen molar-refractivity contribution in [2.24, 2.45) is 0 Å². The lowest BCUT2D eigenvalue weighted by atomic mass is 10.2. The lowest BCUT2D eigenvalue weighted by Gasteiger charge is -2.03. The van der Waals surface area contributed by atoms with Crippen LogP contribution in [0.2, 0.25) is 0 Å². The average molecular weight is 287 g/mol. The second kappa shape index (κ2) is 8.11. The molecule has 0 spiro atoms. The molecule has 2 aromatic rings. The number of benzene rings is 1. The van der Waals surface area contributed by atoms with E-state index in [9.17, 15) is 0 Å². The molecule has 0 amide bonds. The fraction of sp³-hybridized carbons (Fsp3) is 0.312. The number of hydrogen-bond donors (Lipinski definition) is 1. The SMILES string of the molecule is COCCn1cc(NCC=Cc2ccccc2OC)cn1. The Kier molecular flexibility index (Phi) is 5.84. The minimum absolute atomic E-state index is 0.662. The highest BCUT2D eigenvalue weighted by molar-refractivity contribution is 5.57. The van der Waals surface area contributed by atoms with E-state index in [1.54, 1.807) is 14.2 Å². The zero-order chi connectivity index (χ0) is 14.9. The highest BCUT2D eigenvalue weighted by Gasteiger charge is 1.98. The fourth-order valence-corrected chi connectivity index (χ4v) is 1.93. The quantitative estimate of drug-likeness (QED) is 0.811.